The number of ether oxygens (including phenoxy) is 1. The Balaban J connectivity index is 1.58. The summed E-state index contributed by atoms with van der Waals surface area (Å²) < 4.78 is 33.7. The maximum absolute atomic E-state index is 13.6. The summed E-state index contributed by atoms with van der Waals surface area (Å²) in [4.78, 5) is 32.4. The third kappa shape index (κ3) is 6.94. The molecular formula is C29H42N4O5S2. The van der Waals surface area contributed by atoms with Gasteiger partial charge >= 0.3 is 0 Å². The summed E-state index contributed by atoms with van der Waals surface area (Å²) in [6.45, 7) is 15.6. The Morgan fingerprint density at radius 2 is 1.65 bits per heavy atom. The van der Waals surface area contributed by atoms with E-state index < -0.39 is 10.0 Å². The predicted octanol–water partition coefficient (Wildman–Crippen LogP) is 4.15. The Morgan fingerprint density at radius 3 is 2.23 bits per heavy atom. The van der Waals surface area contributed by atoms with Crippen LogP contribution in [0.5, 0.6) is 0 Å². The van der Waals surface area contributed by atoms with E-state index in [9.17, 15) is 18.0 Å². The summed E-state index contributed by atoms with van der Waals surface area (Å²) in [6, 6.07) is 6.08. The number of morpholine rings is 1. The highest BCUT2D eigenvalue weighted by molar-refractivity contribution is 7.89. The molecule has 0 spiro atoms. The Morgan fingerprint density at radius 1 is 1.02 bits per heavy atom. The number of carbonyl (C=O) groups excluding carboxylic acids is 2. The van der Waals surface area contributed by atoms with Crippen LogP contribution in [0.4, 0.5) is 5.00 Å². The van der Waals surface area contributed by atoms with E-state index in [1.807, 2.05) is 27.7 Å². The number of thiophene rings is 1. The molecule has 2 aliphatic heterocycles. The van der Waals surface area contributed by atoms with Gasteiger partial charge in [-0.3, -0.25) is 14.5 Å². The monoisotopic (exact) mass is 590 g/mol. The molecule has 1 N–H and O–H groups in total. The molecule has 2 amide bonds. The Bertz CT molecular complexity index is 1290. The number of hydrogen-bond acceptors (Lipinski definition) is 7. The third-order valence-electron chi connectivity index (χ3n) is 7.21. The Hall–Kier alpha value is -2.31. The number of fused-ring (bicyclic) bond motifs is 1. The fraction of sp³-hybridized carbons (Fsp3) is 0.586. The molecule has 0 aliphatic carbocycles. The highest BCUT2D eigenvalue weighted by Gasteiger charge is 2.32. The van der Waals surface area contributed by atoms with Gasteiger partial charge in [0, 0.05) is 49.7 Å². The second-order valence-corrected chi connectivity index (χ2v) is 14.4. The molecule has 0 saturated carbocycles. The molecule has 1 saturated heterocycles. The average molecular weight is 591 g/mol. The van der Waals surface area contributed by atoms with E-state index in [1.165, 1.54) is 27.8 Å². The average Bonchev–Trinajstić information content (AvgIpc) is 3.29. The molecule has 1 aromatic carbocycles. The lowest BCUT2D eigenvalue weighted by molar-refractivity contribution is 0.0303. The lowest BCUT2D eigenvalue weighted by Gasteiger charge is -2.29. The number of likely N-dealkylation sites (N-methyl/N-ethyl adjacent to an activating group) is 1. The summed E-state index contributed by atoms with van der Waals surface area (Å²) in [5, 5.41) is 3.55. The number of nitrogens with zero attached hydrogens (tertiary/aromatic N) is 3. The maximum Gasteiger partial charge on any atom is 0.257 e. The predicted molar refractivity (Wildman–Crippen MR) is 159 cm³/mol. The molecule has 4 rings (SSSR count). The van der Waals surface area contributed by atoms with Crippen molar-refractivity contribution in [2.45, 2.75) is 52.5 Å². The molecule has 11 heteroatoms. The molecule has 2 aromatic rings. The molecule has 1 fully saturated rings. The zero-order valence-electron chi connectivity index (χ0n) is 24.2. The van der Waals surface area contributed by atoms with E-state index in [0.29, 0.717) is 55.5 Å². The van der Waals surface area contributed by atoms with E-state index in [-0.39, 0.29) is 28.5 Å². The van der Waals surface area contributed by atoms with Crippen LogP contribution in [0.15, 0.2) is 29.2 Å². The molecule has 0 atom stereocenters. The molecular weight excluding hydrogens is 548 g/mol. The van der Waals surface area contributed by atoms with Crippen molar-refractivity contribution in [3.05, 3.63) is 45.8 Å². The number of hydrogen-bond donors (Lipinski definition) is 1. The fourth-order valence-corrected chi connectivity index (χ4v) is 8.20. The van der Waals surface area contributed by atoms with E-state index in [0.717, 1.165) is 36.5 Å². The number of benzene rings is 1. The lowest BCUT2D eigenvalue weighted by atomic mass is 10.0. The number of rotatable bonds is 10. The van der Waals surface area contributed by atoms with Gasteiger partial charge in [0.05, 0.1) is 23.7 Å². The molecule has 9 nitrogen and oxygen atoms in total. The minimum atomic E-state index is -3.69. The number of nitrogens with one attached hydrogen (secondary N) is 1. The van der Waals surface area contributed by atoms with Gasteiger partial charge in [-0.2, -0.15) is 4.31 Å². The topological polar surface area (TPSA) is 99.3 Å². The van der Waals surface area contributed by atoms with Crippen molar-refractivity contribution in [3.63, 3.8) is 0 Å². The first-order valence-corrected chi connectivity index (χ1v) is 16.4. The zero-order valence-corrected chi connectivity index (χ0v) is 25.9. The van der Waals surface area contributed by atoms with Crippen molar-refractivity contribution in [2.75, 3.05) is 57.8 Å². The van der Waals surface area contributed by atoms with Crippen LogP contribution in [0.2, 0.25) is 0 Å². The van der Waals surface area contributed by atoms with E-state index in [2.05, 4.69) is 17.1 Å². The van der Waals surface area contributed by atoms with Gasteiger partial charge in [-0.05, 0) is 54.6 Å². The minimum absolute atomic E-state index is 0.0714. The molecule has 220 valence electrons. The second kappa shape index (κ2) is 13.1. The third-order valence-corrected chi connectivity index (χ3v) is 10.2. The molecule has 0 unspecified atom stereocenters. The summed E-state index contributed by atoms with van der Waals surface area (Å²) in [5.74, 6) is -0.0621. The summed E-state index contributed by atoms with van der Waals surface area (Å²) in [5.41, 5.74) is 1.95. The van der Waals surface area contributed by atoms with Gasteiger partial charge in [-0.1, -0.05) is 34.6 Å². The fourth-order valence-electron chi connectivity index (χ4n) is 5.15. The van der Waals surface area contributed by atoms with E-state index in [4.69, 9.17) is 4.74 Å². The normalized spacial score (nSPS) is 16.6. The first-order chi connectivity index (χ1) is 19.0. The maximum atomic E-state index is 13.6. The zero-order chi connectivity index (χ0) is 29.0. The van der Waals surface area contributed by atoms with Gasteiger partial charge in [0.25, 0.3) is 11.8 Å². The van der Waals surface area contributed by atoms with Crippen LogP contribution in [-0.2, 0) is 27.7 Å². The number of anilines is 1. The number of amides is 2. The van der Waals surface area contributed by atoms with Gasteiger partial charge in [0.1, 0.15) is 5.00 Å². The van der Waals surface area contributed by atoms with Crippen molar-refractivity contribution in [1.82, 2.24) is 14.1 Å². The number of sulfonamides is 1. The van der Waals surface area contributed by atoms with Crippen LogP contribution in [0, 0.1) is 11.8 Å². The van der Waals surface area contributed by atoms with Gasteiger partial charge in [0.2, 0.25) is 10.0 Å². The Labute approximate surface area is 242 Å². The first-order valence-electron chi connectivity index (χ1n) is 14.2. The van der Waals surface area contributed by atoms with Crippen molar-refractivity contribution < 1.29 is 22.7 Å². The first kappa shape index (κ1) is 30.6. The molecule has 40 heavy (non-hydrogen) atoms. The SMILES string of the molecule is CCN1CCc2c(sc(NC(=O)c3ccc(S(=O)(=O)N(CC(C)C)CC(C)C)cc3)c2C(=O)N2CCOCC2)C1. The van der Waals surface area contributed by atoms with Gasteiger partial charge in [-0.25, -0.2) is 8.42 Å². The molecule has 2 aliphatic rings. The van der Waals surface area contributed by atoms with E-state index >= 15 is 0 Å². The summed E-state index contributed by atoms with van der Waals surface area (Å²) >= 11 is 1.46. The lowest BCUT2D eigenvalue weighted by Crippen LogP contribution is -2.41. The van der Waals surface area contributed by atoms with Crippen LogP contribution < -0.4 is 5.32 Å². The van der Waals surface area contributed by atoms with E-state index in [1.54, 1.807) is 17.0 Å². The van der Waals surface area contributed by atoms with Crippen LogP contribution in [-0.4, -0.2) is 86.8 Å². The molecule has 1 aromatic heterocycles. The molecule has 0 radical (unpaired) electrons. The van der Waals surface area contributed by atoms with Gasteiger partial charge < -0.3 is 15.0 Å². The van der Waals surface area contributed by atoms with Gasteiger partial charge in [0.15, 0.2) is 0 Å². The second-order valence-electron chi connectivity index (χ2n) is 11.3. The largest absolute Gasteiger partial charge is 0.378 e. The van der Waals surface area contributed by atoms with Crippen molar-refractivity contribution in [2.24, 2.45) is 11.8 Å². The van der Waals surface area contributed by atoms with Crippen LogP contribution in [0.1, 0.15) is 65.8 Å². The highest BCUT2D eigenvalue weighted by Crippen LogP contribution is 2.38. The van der Waals surface area contributed by atoms with Gasteiger partial charge in [-0.15, -0.1) is 11.3 Å². The smallest absolute Gasteiger partial charge is 0.257 e. The standard InChI is InChI=1S/C29H42N4O5S2/c1-6-31-12-11-24-25(19-31)39-28(26(24)29(35)32-13-15-38-16-14-32)30-27(34)22-7-9-23(10-8-22)40(36,37)33(17-20(2)3)18-21(4)5/h7-10,20-21H,6,11-19H2,1-5H3,(H,30,34). The van der Waals surface area contributed by atoms with Crippen molar-refractivity contribution >= 4 is 38.2 Å². The summed E-state index contributed by atoms with van der Waals surface area (Å²) in [7, 11) is -3.69. The van der Waals surface area contributed by atoms with Crippen LogP contribution in [0.25, 0.3) is 0 Å². The van der Waals surface area contributed by atoms with Crippen molar-refractivity contribution in [1.29, 1.82) is 0 Å². The Kier molecular flexibility index (Phi) is 10.0. The van der Waals surface area contributed by atoms with Crippen LogP contribution >= 0.6 is 11.3 Å². The molecule has 0 bridgehead atoms. The molecule has 3 heterocycles. The minimum Gasteiger partial charge on any atom is -0.378 e. The number of carbonyl (C=O) groups is 2. The highest BCUT2D eigenvalue weighted by atomic mass is 32.2. The summed E-state index contributed by atoms with van der Waals surface area (Å²) in [6.07, 6.45) is 0.761. The van der Waals surface area contributed by atoms with Crippen LogP contribution in [0.3, 0.4) is 0 Å². The van der Waals surface area contributed by atoms with Crippen molar-refractivity contribution in [3.8, 4) is 0 Å². The quantitative estimate of drug-likeness (QED) is 0.446.